The van der Waals surface area contributed by atoms with Gasteiger partial charge in [0.2, 0.25) is 5.89 Å². The molecule has 0 aromatic carbocycles. The molecule has 1 saturated carbocycles. The standard InChI is InChI=1S/C8H11N3O/c1-4-9-8(12-11-4)7-3-5-2-6(5)10-7/h5-7,10H,2-3H2,1H3/t5-,6-,7-/m0/s1. The predicted octanol–water partition coefficient (Wildman–Crippen LogP) is 0.801. The summed E-state index contributed by atoms with van der Waals surface area (Å²) in [7, 11) is 0. The minimum absolute atomic E-state index is 0.329. The summed E-state index contributed by atoms with van der Waals surface area (Å²) in [6.45, 7) is 1.85. The lowest BCUT2D eigenvalue weighted by atomic mass is 10.2. The van der Waals surface area contributed by atoms with Crippen LogP contribution < -0.4 is 5.32 Å². The highest BCUT2D eigenvalue weighted by molar-refractivity contribution is 5.08. The number of hydrogen-bond acceptors (Lipinski definition) is 4. The van der Waals surface area contributed by atoms with Gasteiger partial charge in [-0.05, 0) is 25.7 Å². The minimum atomic E-state index is 0.329. The molecule has 0 radical (unpaired) electrons. The fourth-order valence-electron chi connectivity index (χ4n) is 1.97. The average molecular weight is 165 g/mol. The van der Waals surface area contributed by atoms with E-state index in [9.17, 15) is 0 Å². The molecule has 1 aliphatic carbocycles. The first-order chi connectivity index (χ1) is 5.83. The smallest absolute Gasteiger partial charge is 0.243 e. The number of aromatic nitrogens is 2. The highest BCUT2D eigenvalue weighted by Gasteiger charge is 2.47. The molecule has 3 atom stereocenters. The van der Waals surface area contributed by atoms with E-state index >= 15 is 0 Å². The number of aryl methyl sites for hydroxylation is 1. The maximum absolute atomic E-state index is 5.09. The highest BCUT2D eigenvalue weighted by atomic mass is 16.5. The van der Waals surface area contributed by atoms with Crippen molar-refractivity contribution in [1.82, 2.24) is 15.5 Å². The Morgan fingerprint density at radius 2 is 2.42 bits per heavy atom. The monoisotopic (exact) mass is 165 g/mol. The Labute approximate surface area is 70.3 Å². The van der Waals surface area contributed by atoms with E-state index in [2.05, 4.69) is 15.5 Å². The molecular formula is C8H11N3O. The second-order valence-corrected chi connectivity index (χ2v) is 3.74. The highest BCUT2D eigenvalue weighted by Crippen LogP contribution is 2.45. The van der Waals surface area contributed by atoms with Crippen LogP contribution in [0.4, 0.5) is 0 Å². The molecule has 3 rings (SSSR count). The molecule has 2 fully saturated rings. The van der Waals surface area contributed by atoms with Crippen molar-refractivity contribution in [2.24, 2.45) is 5.92 Å². The van der Waals surface area contributed by atoms with Gasteiger partial charge in [0.1, 0.15) is 0 Å². The lowest BCUT2D eigenvalue weighted by Gasteiger charge is -2.05. The van der Waals surface area contributed by atoms with Gasteiger partial charge < -0.3 is 9.84 Å². The minimum Gasteiger partial charge on any atom is -0.338 e. The Morgan fingerprint density at radius 1 is 1.50 bits per heavy atom. The van der Waals surface area contributed by atoms with Gasteiger partial charge in [-0.3, -0.25) is 0 Å². The zero-order chi connectivity index (χ0) is 8.13. The summed E-state index contributed by atoms with van der Waals surface area (Å²) in [5.74, 6) is 2.37. The SMILES string of the molecule is Cc1noc([C@@H]2C[C@@H]3C[C@@H]3N2)n1. The predicted molar refractivity (Wildman–Crippen MR) is 41.4 cm³/mol. The van der Waals surface area contributed by atoms with Crippen LogP contribution in [0.15, 0.2) is 4.52 Å². The molecule has 12 heavy (non-hydrogen) atoms. The second-order valence-electron chi connectivity index (χ2n) is 3.74. The van der Waals surface area contributed by atoms with Crippen molar-refractivity contribution < 1.29 is 4.52 Å². The van der Waals surface area contributed by atoms with Crippen LogP contribution in [-0.4, -0.2) is 16.2 Å². The van der Waals surface area contributed by atoms with E-state index in [-0.39, 0.29) is 0 Å². The van der Waals surface area contributed by atoms with Crippen molar-refractivity contribution in [2.45, 2.75) is 31.8 Å². The van der Waals surface area contributed by atoms with Gasteiger partial charge in [0, 0.05) is 6.04 Å². The number of piperidine rings is 1. The quantitative estimate of drug-likeness (QED) is 0.668. The van der Waals surface area contributed by atoms with Crippen LogP contribution >= 0.6 is 0 Å². The molecule has 0 spiro atoms. The van der Waals surface area contributed by atoms with Crippen molar-refractivity contribution in [2.75, 3.05) is 0 Å². The van der Waals surface area contributed by atoms with Crippen molar-refractivity contribution in [1.29, 1.82) is 0 Å². The molecule has 1 saturated heterocycles. The number of fused-ring (bicyclic) bond motifs is 1. The molecule has 1 aromatic rings. The van der Waals surface area contributed by atoms with E-state index in [1.807, 2.05) is 6.92 Å². The number of nitrogens with one attached hydrogen (secondary N) is 1. The Balaban J connectivity index is 1.81. The van der Waals surface area contributed by atoms with Crippen LogP contribution in [0.3, 0.4) is 0 Å². The van der Waals surface area contributed by atoms with E-state index in [0.29, 0.717) is 6.04 Å². The molecule has 0 amide bonds. The fraction of sp³-hybridized carbons (Fsp3) is 0.750. The Hall–Kier alpha value is -0.900. The van der Waals surface area contributed by atoms with Gasteiger partial charge in [0.05, 0.1) is 6.04 Å². The summed E-state index contributed by atoms with van der Waals surface area (Å²) >= 11 is 0. The van der Waals surface area contributed by atoms with Crippen LogP contribution in [0, 0.1) is 12.8 Å². The number of nitrogens with zero attached hydrogens (tertiary/aromatic N) is 2. The van der Waals surface area contributed by atoms with E-state index in [1.54, 1.807) is 0 Å². The third kappa shape index (κ3) is 0.876. The second kappa shape index (κ2) is 2.07. The van der Waals surface area contributed by atoms with Crippen LogP contribution in [0.25, 0.3) is 0 Å². The van der Waals surface area contributed by atoms with Crippen molar-refractivity contribution in [3.63, 3.8) is 0 Å². The van der Waals surface area contributed by atoms with Crippen LogP contribution in [0.1, 0.15) is 30.6 Å². The van der Waals surface area contributed by atoms with Gasteiger partial charge in [-0.25, -0.2) is 0 Å². The molecular weight excluding hydrogens is 154 g/mol. The largest absolute Gasteiger partial charge is 0.338 e. The van der Waals surface area contributed by atoms with Crippen molar-refractivity contribution in [3.05, 3.63) is 11.7 Å². The van der Waals surface area contributed by atoms with Gasteiger partial charge in [-0.15, -0.1) is 0 Å². The Kier molecular flexibility index (Phi) is 1.14. The van der Waals surface area contributed by atoms with Gasteiger partial charge in [-0.2, -0.15) is 4.98 Å². The maximum Gasteiger partial charge on any atom is 0.243 e. The van der Waals surface area contributed by atoms with Crippen LogP contribution in [0.2, 0.25) is 0 Å². The zero-order valence-electron chi connectivity index (χ0n) is 6.95. The van der Waals surface area contributed by atoms with Crippen molar-refractivity contribution in [3.8, 4) is 0 Å². The summed E-state index contributed by atoms with van der Waals surface area (Å²) in [5.41, 5.74) is 0. The third-order valence-electron chi connectivity index (χ3n) is 2.72. The summed E-state index contributed by atoms with van der Waals surface area (Å²) in [4.78, 5) is 4.21. The normalized spacial score (nSPS) is 38.2. The lowest BCUT2D eigenvalue weighted by molar-refractivity contribution is 0.332. The van der Waals surface area contributed by atoms with Crippen LogP contribution in [-0.2, 0) is 0 Å². The molecule has 64 valence electrons. The average Bonchev–Trinajstić information content (AvgIpc) is 2.49. The molecule has 0 bridgehead atoms. The molecule has 2 heterocycles. The molecule has 2 aliphatic rings. The van der Waals surface area contributed by atoms with Crippen molar-refractivity contribution >= 4 is 0 Å². The topological polar surface area (TPSA) is 51.0 Å². The van der Waals surface area contributed by atoms with E-state index in [1.165, 1.54) is 12.8 Å². The molecule has 4 heteroatoms. The lowest BCUT2D eigenvalue weighted by Crippen LogP contribution is -2.17. The van der Waals surface area contributed by atoms with Gasteiger partial charge >= 0.3 is 0 Å². The third-order valence-corrected chi connectivity index (χ3v) is 2.72. The van der Waals surface area contributed by atoms with Gasteiger partial charge in [0.15, 0.2) is 5.82 Å². The Bertz CT molecular complexity index is 299. The van der Waals surface area contributed by atoms with E-state index < -0.39 is 0 Å². The fourth-order valence-corrected chi connectivity index (χ4v) is 1.97. The number of hydrogen-bond donors (Lipinski definition) is 1. The molecule has 0 unspecified atom stereocenters. The zero-order valence-corrected chi connectivity index (χ0v) is 6.95. The first kappa shape index (κ1) is 6.60. The summed E-state index contributed by atoms with van der Waals surface area (Å²) < 4.78 is 5.09. The van der Waals surface area contributed by atoms with Gasteiger partial charge in [0.25, 0.3) is 0 Å². The molecule has 1 aromatic heterocycles. The molecule has 1 aliphatic heterocycles. The van der Waals surface area contributed by atoms with E-state index in [4.69, 9.17) is 4.52 Å². The summed E-state index contributed by atoms with van der Waals surface area (Å²) in [5, 5.41) is 7.24. The first-order valence-corrected chi connectivity index (χ1v) is 4.39. The van der Waals surface area contributed by atoms with Gasteiger partial charge in [-0.1, -0.05) is 5.16 Å². The summed E-state index contributed by atoms with van der Waals surface area (Å²) in [6, 6.07) is 1.07. The Morgan fingerprint density at radius 3 is 3.00 bits per heavy atom. The summed E-state index contributed by atoms with van der Waals surface area (Å²) in [6.07, 6.45) is 2.51. The number of rotatable bonds is 1. The maximum atomic E-state index is 5.09. The first-order valence-electron chi connectivity index (χ1n) is 4.39. The van der Waals surface area contributed by atoms with E-state index in [0.717, 1.165) is 23.7 Å². The molecule has 4 nitrogen and oxygen atoms in total. The molecule has 1 N–H and O–H groups in total. The van der Waals surface area contributed by atoms with Crippen LogP contribution in [0.5, 0.6) is 0 Å².